The van der Waals surface area contributed by atoms with Crippen LogP contribution in [-0.2, 0) is 11.4 Å². The van der Waals surface area contributed by atoms with Crippen molar-refractivity contribution in [3.05, 3.63) is 124 Å². The molecule has 1 aromatic heterocycles. The van der Waals surface area contributed by atoms with Gasteiger partial charge in [0.15, 0.2) is 5.76 Å². The highest BCUT2D eigenvalue weighted by Crippen LogP contribution is 2.50. The smallest absolute Gasteiger partial charge is 0.312 e. The first-order valence-electron chi connectivity index (χ1n) is 13.0. The Labute approximate surface area is 226 Å². The number of allylic oxidation sites excluding steroid dienone is 1. The summed E-state index contributed by atoms with van der Waals surface area (Å²) >= 11 is 0. The number of aromatic nitrogens is 1. The maximum absolute atomic E-state index is 13.4. The van der Waals surface area contributed by atoms with Crippen molar-refractivity contribution in [1.29, 1.82) is 0 Å². The van der Waals surface area contributed by atoms with Crippen molar-refractivity contribution in [3.63, 3.8) is 0 Å². The second-order valence-corrected chi connectivity index (χ2v) is 9.99. The zero-order chi connectivity index (χ0) is 26.9. The molecule has 0 saturated heterocycles. The van der Waals surface area contributed by atoms with Crippen LogP contribution >= 0.6 is 0 Å². The minimum atomic E-state index is -0.409. The lowest BCUT2D eigenvalue weighted by atomic mass is 9.84. The van der Waals surface area contributed by atoms with Gasteiger partial charge in [-0.3, -0.25) is 14.6 Å². The number of hydrogen-bond donors (Lipinski definition) is 0. The highest BCUT2D eigenvalue weighted by atomic mass is 16.5. The van der Waals surface area contributed by atoms with Gasteiger partial charge < -0.3 is 14.2 Å². The number of hydrogen-bond acceptors (Lipinski definition) is 6. The molecule has 3 heterocycles. The van der Waals surface area contributed by atoms with E-state index >= 15 is 0 Å². The van der Waals surface area contributed by atoms with Crippen molar-refractivity contribution in [2.24, 2.45) is 0 Å². The van der Waals surface area contributed by atoms with E-state index in [1.54, 1.807) is 24.4 Å². The van der Waals surface area contributed by atoms with E-state index in [9.17, 15) is 9.59 Å². The van der Waals surface area contributed by atoms with Crippen LogP contribution in [0, 0.1) is 0 Å². The lowest BCUT2D eigenvalue weighted by molar-refractivity contribution is -0.135. The molecule has 6 heteroatoms. The topological polar surface area (TPSA) is 74.7 Å². The number of benzene rings is 3. The molecule has 0 bridgehead atoms. The molecular formula is C33H27NO5. The van der Waals surface area contributed by atoms with Crippen LogP contribution < -0.4 is 14.2 Å². The average Bonchev–Trinajstić information content (AvgIpc) is 3.27. The van der Waals surface area contributed by atoms with Gasteiger partial charge in [0.05, 0.1) is 17.7 Å². The standard InChI is InChI=1S/C33H27NO5/c1-20(2)22-12-10-21(11-13-22)17-29-32(36)25-14-15-28-31(33(25)39-29)26(18-30(35)38-28)24-8-3-4-9-27(24)37-19-23-7-5-6-16-34-23/h3-17,20,26H,18-19H2,1-2H3/b29-17-. The summed E-state index contributed by atoms with van der Waals surface area (Å²) in [4.78, 5) is 30.3. The maximum Gasteiger partial charge on any atom is 0.312 e. The van der Waals surface area contributed by atoms with Crippen LogP contribution in [0.3, 0.4) is 0 Å². The molecule has 6 rings (SSSR count). The van der Waals surface area contributed by atoms with E-state index in [-0.39, 0.29) is 30.5 Å². The van der Waals surface area contributed by atoms with Crippen LogP contribution in [0.1, 0.15) is 70.4 Å². The van der Waals surface area contributed by atoms with E-state index in [0.717, 1.165) is 16.8 Å². The van der Waals surface area contributed by atoms with Gasteiger partial charge in [0.2, 0.25) is 5.78 Å². The Bertz CT molecular complexity index is 1590. The molecule has 0 amide bonds. The molecule has 3 aromatic carbocycles. The van der Waals surface area contributed by atoms with Crippen molar-refractivity contribution in [2.75, 3.05) is 0 Å². The largest absolute Gasteiger partial charge is 0.487 e. The third-order valence-electron chi connectivity index (χ3n) is 7.08. The Morgan fingerprint density at radius 2 is 1.74 bits per heavy atom. The number of rotatable bonds is 6. The van der Waals surface area contributed by atoms with E-state index in [0.29, 0.717) is 34.3 Å². The molecule has 2 aliphatic heterocycles. The summed E-state index contributed by atoms with van der Waals surface area (Å²) < 4.78 is 18.0. The van der Waals surface area contributed by atoms with Crippen LogP contribution in [0.4, 0.5) is 0 Å². The molecule has 39 heavy (non-hydrogen) atoms. The van der Waals surface area contributed by atoms with Gasteiger partial charge in [0, 0.05) is 23.2 Å². The molecule has 4 aromatic rings. The molecule has 0 spiro atoms. The normalized spacial score (nSPS) is 17.0. The minimum absolute atomic E-state index is 0.0979. The zero-order valence-corrected chi connectivity index (χ0v) is 21.7. The first-order valence-corrected chi connectivity index (χ1v) is 13.0. The lowest BCUT2D eigenvalue weighted by Crippen LogP contribution is -2.22. The van der Waals surface area contributed by atoms with E-state index < -0.39 is 5.92 Å². The molecule has 0 N–H and O–H groups in total. The number of nitrogens with zero attached hydrogens (tertiary/aromatic N) is 1. The fourth-order valence-corrected chi connectivity index (χ4v) is 5.04. The van der Waals surface area contributed by atoms with Crippen LogP contribution in [0.25, 0.3) is 6.08 Å². The third-order valence-corrected chi connectivity index (χ3v) is 7.08. The Kier molecular flexibility index (Phi) is 6.45. The highest BCUT2D eigenvalue weighted by Gasteiger charge is 2.39. The van der Waals surface area contributed by atoms with Gasteiger partial charge in [-0.15, -0.1) is 0 Å². The predicted octanol–water partition coefficient (Wildman–Crippen LogP) is 6.84. The maximum atomic E-state index is 13.4. The zero-order valence-electron chi connectivity index (χ0n) is 21.7. The Hall–Kier alpha value is -4.71. The summed E-state index contributed by atoms with van der Waals surface area (Å²) in [6, 6.07) is 24.7. The number of pyridine rings is 1. The molecule has 0 fully saturated rings. The number of esters is 1. The molecule has 1 unspecified atom stereocenters. The molecule has 0 radical (unpaired) electrons. The van der Waals surface area contributed by atoms with Crippen LogP contribution in [0.2, 0.25) is 0 Å². The molecule has 0 aliphatic carbocycles. The van der Waals surface area contributed by atoms with Gasteiger partial charge in [-0.2, -0.15) is 0 Å². The molecule has 1 atom stereocenters. The Morgan fingerprint density at radius 3 is 2.51 bits per heavy atom. The summed E-state index contributed by atoms with van der Waals surface area (Å²) in [7, 11) is 0. The average molecular weight is 518 g/mol. The number of ketones is 1. The van der Waals surface area contributed by atoms with E-state index in [1.807, 2.05) is 54.6 Å². The van der Waals surface area contributed by atoms with Crippen LogP contribution in [0.15, 0.2) is 90.8 Å². The van der Waals surface area contributed by atoms with Crippen molar-refractivity contribution in [2.45, 2.75) is 38.7 Å². The number of fused-ring (bicyclic) bond motifs is 3. The van der Waals surface area contributed by atoms with Gasteiger partial charge in [-0.05, 0) is 53.5 Å². The number of carbonyl (C=O) groups is 2. The van der Waals surface area contributed by atoms with Gasteiger partial charge in [-0.25, -0.2) is 0 Å². The summed E-state index contributed by atoms with van der Waals surface area (Å²) in [6.45, 7) is 4.57. The van der Waals surface area contributed by atoms with Gasteiger partial charge >= 0.3 is 5.97 Å². The van der Waals surface area contributed by atoms with Crippen molar-refractivity contribution in [1.82, 2.24) is 4.98 Å². The first-order chi connectivity index (χ1) is 19.0. The van der Waals surface area contributed by atoms with Crippen LogP contribution in [0.5, 0.6) is 17.2 Å². The van der Waals surface area contributed by atoms with E-state index in [4.69, 9.17) is 14.2 Å². The first kappa shape index (κ1) is 24.6. The summed E-state index contributed by atoms with van der Waals surface area (Å²) in [5.41, 5.74) is 4.84. The van der Waals surface area contributed by atoms with Crippen LogP contribution in [-0.4, -0.2) is 16.7 Å². The monoisotopic (exact) mass is 517 g/mol. The second kappa shape index (κ2) is 10.2. The molecule has 2 aliphatic rings. The Balaban J connectivity index is 1.36. The van der Waals surface area contributed by atoms with Crippen molar-refractivity contribution >= 4 is 17.8 Å². The SMILES string of the molecule is CC(C)c1ccc(/C=C2\Oc3c(ccc4c3C(c3ccccc3OCc3ccccn3)CC(=O)O4)C2=O)cc1. The van der Waals surface area contributed by atoms with Gasteiger partial charge in [0.1, 0.15) is 23.9 Å². The van der Waals surface area contributed by atoms with Gasteiger partial charge in [0.25, 0.3) is 0 Å². The Morgan fingerprint density at radius 1 is 0.949 bits per heavy atom. The van der Waals surface area contributed by atoms with Crippen molar-refractivity contribution < 1.29 is 23.8 Å². The van der Waals surface area contributed by atoms with E-state index in [2.05, 4.69) is 31.0 Å². The molecule has 0 saturated carbocycles. The van der Waals surface area contributed by atoms with Gasteiger partial charge in [-0.1, -0.05) is 62.4 Å². The number of ether oxygens (including phenoxy) is 3. The van der Waals surface area contributed by atoms with E-state index in [1.165, 1.54) is 5.56 Å². The summed E-state index contributed by atoms with van der Waals surface area (Å²) in [5.74, 6) is 1.16. The fourth-order valence-electron chi connectivity index (χ4n) is 5.04. The summed E-state index contributed by atoms with van der Waals surface area (Å²) in [5, 5.41) is 0. The number of Topliss-reactive ketones (excluding diaryl/α,β-unsaturated/α-hetero) is 1. The number of carbonyl (C=O) groups excluding carboxylic acids is 2. The minimum Gasteiger partial charge on any atom is -0.487 e. The molecule has 6 nitrogen and oxygen atoms in total. The molecular weight excluding hydrogens is 490 g/mol. The third kappa shape index (κ3) is 4.81. The number of para-hydroxylation sites is 1. The quantitative estimate of drug-likeness (QED) is 0.158. The lowest BCUT2D eigenvalue weighted by Gasteiger charge is -2.27. The summed E-state index contributed by atoms with van der Waals surface area (Å²) in [6.07, 6.45) is 3.58. The highest BCUT2D eigenvalue weighted by molar-refractivity contribution is 6.15. The van der Waals surface area contributed by atoms with Crippen molar-refractivity contribution in [3.8, 4) is 17.2 Å². The molecule has 194 valence electrons. The fraction of sp³-hybridized carbons (Fsp3) is 0.182. The predicted molar refractivity (Wildman–Crippen MR) is 147 cm³/mol. The second-order valence-electron chi connectivity index (χ2n) is 9.99.